The van der Waals surface area contributed by atoms with Gasteiger partial charge in [0.25, 0.3) is 0 Å². The molecule has 6 heteroatoms. The van der Waals surface area contributed by atoms with E-state index in [1.807, 2.05) is 36.4 Å². The minimum atomic E-state index is -0.149. The van der Waals surface area contributed by atoms with Crippen LogP contribution in [0.2, 0.25) is 0 Å². The summed E-state index contributed by atoms with van der Waals surface area (Å²) in [6.07, 6.45) is 9.15. The highest BCUT2D eigenvalue weighted by molar-refractivity contribution is 6.28. The molecule has 0 amide bonds. The maximum absolute atomic E-state index is 5.58. The van der Waals surface area contributed by atoms with Crippen LogP contribution in [0.4, 0.5) is 0 Å². The first-order chi connectivity index (χ1) is 15.3. The lowest BCUT2D eigenvalue weighted by molar-refractivity contribution is 0.615. The Labute approximate surface area is 176 Å². The largest absolute Gasteiger partial charge is 0.464 e. The monoisotopic (exact) mass is 402 g/mol. The Morgan fingerprint density at radius 3 is 2.26 bits per heavy atom. The van der Waals surface area contributed by atoms with Gasteiger partial charge in [0.1, 0.15) is 35.1 Å². The summed E-state index contributed by atoms with van der Waals surface area (Å²) in [5.41, 5.74) is 6.47. The lowest BCUT2D eigenvalue weighted by Crippen LogP contribution is -2.32. The molecular weight excluding hydrogens is 388 g/mol. The van der Waals surface area contributed by atoms with E-state index in [1.54, 1.807) is 12.5 Å². The molecule has 0 saturated carbocycles. The number of furan rings is 2. The molecule has 1 unspecified atom stereocenters. The molecule has 0 aliphatic carbocycles. The summed E-state index contributed by atoms with van der Waals surface area (Å²) in [5.74, 6) is 1.27. The Morgan fingerprint density at radius 2 is 1.45 bits per heavy atom. The Bertz CT molecular complexity index is 1520. The van der Waals surface area contributed by atoms with Crippen LogP contribution in [-0.2, 0) is 0 Å². The second-order valence-corrected chi connectivity index (χ2v) is 7.58. The van der Waals surface area contributed by atoms with E-state index in [4.69, 9.17) is 18.8 Å². The van der Waals surface area contributed by atoms with Crippen molar-refractivity contribution in [3.05, 3.63) is 89.9 Å². The third-order valence-corrected chi connectivity index (χ3v) is 5.85. The van der Waals surface area contributed by atoms with E-state index >= 15 is 0 Å². The zero-order valence-corrected chi connectivity index (χ0v) is 16.2. The molecule has 7 rings (SSSR count). The molecule has 2 aromatic carbocycles. The molecule has 4 aromatic rings. The normalized spacial score (nSPS) is 19.5. The first-order valence-electron chi connectivity index (χ1n) is 9.99. The van der Waals surface area contributed by atoms with Crippen LogP contribution in [0.25, 0.3) is 27.6 Å². The van der Waals surface area contributed by atoms with Crippen LogP contribution in [0.5, 0.6) is 0 Å². The van der Waals surface area contributed by atoms with Gasteiger partial charge in [0.2, 0.25) is 0 Å². The predicted molar refractivity (Wildman–Crippen MR) is 122 cm³/mol. The molecule has 31 heavy (non-hydrogen) atoms. The molecule has 2 aromatic heterocycles. The van der Waals surface area contributed by atoms with E-state index < -0.39 is 0 Å². The van der Waals surface area contributed by atoms with Crippen molar-refractivity contribution in [2.24, 2.45) is 25.9 Å². The third kappa shape index (κ3) is 2.39. The zero-order valence-electron chi connectivity index (χ0n) is 16.2. The summed E-state index contributed by atoms with van der Waals surface area (Å²) < 4.78 is 11.2. The lowest BCUT2D eigenvalue weighted by atomic mass is 9.86. The highest BCUT2D eigenvalue weighted by atomic mass is 16.3. The van der Waals surface area contributed by atoms with Crippen LogP contribution in [0.15, 0.2) is 108 Å². The average Bonchev–Trinajstić information content (AvgIpc) is 3.48. The van der Waals surface area contributed by atoms with Gasteiger partial charge < -0.3 is 8.83 Å². The second-order valence-electron chi connectivity index (χ2n) is 7.58. The number of dihydropyridines is 1. The molecule has 0 bridgehead atoms. The molecular formula is C25H14N4O2. The fourth-order valence-electron chi connectivity index (χ4n) is 4.44. The lowest BCUT2D eigenvalue weighted by Gasteiger charge is -2.28. The number of rotatable bonds is 2. The molecule has 0 N–H and O–H groups in total. The van der Waals surface area contributed by atoms with Crippen LogP contribution < -0.4 is 0 Å². The summed E-state index contributed by atoms with van der Waals surface area (Å²) >= 11 is 0. The standard InChI is InChI=1S/C25H14N4O2/c1-3-15(17-7-9-30-21(17)5-1)19-11-14-12-20(16-4-2-6-22-18(16)8-10-31-22)29-25-23(14)24(28-19)26-13-27-25/h1-13,23H. The van der Waals surface area contributed by atoms with E-state index in [9.17, 15) is 0 Å². The molecule has 6 nitrogen and oxygen atoms in total. The summed E-state index contributed by atoms with van der Waals surface area (Å²) in [7, 11) is 0. The van der Waals surface area contributed by atoms with Gasteiger partial charge in [-0.05, 0) is 42.0 Å². The highest BCUT2D eigenvalue weighted by Crippen LogP contribution is 2.37. The maximum atomic E-state index is 5.58. The van der Waals surface area contributed by atoms with Crippen molar-refractivity contribution >= 4 is 51.4 Å². The molecule has 0 radical (unpaired) electrons. The SMILES string of the molecule is C1=NC2=NC(c3cccc4occc34)=CC3=CC(c4cccc5occc45)=NC(=N1)C32. The first kappa shape index (κ1) is 16.5. The summed E-state index contributed by atoms with van der Waals surface area (Å²) in [5, 5.41) is 2.05. The first-order valence-corrected chi connectivity index (χ1v) is 9.99. The quantitative estimate of drug-likeness (QED) is 0.449. The van der Waals surface area contributed by atoms with E-state index in [2.05, 4.69) is 34.3 Å². The van der Waals surface area contributed by atoms with Gasteiger partial charge in [-0.3, -0.25) is 0 Å². The van der Waals surface area contributed by atoms with Crippen molar-refractivity contribution in [3.8, 4) is 0 Å². The predicted octanol–water partition coefficient (Wildman–Crippen LogP) is 5.42. The minimum absolute atomic E-state index is 0.149. The van der Waals surface area contributed by atoms with Gasteiger partial charge in [-0.1, -0.05) is 24.3 Å². The Kier molecular flexibility index (Phi) is 3.24. The molecule has 146 valence electrons. The fourth-order valence-corrected chi connectivity index (χ4v) is 4.44. The molecule has 0 saturated heterocycles. The summed E-state index contributed by atoms with van der Waals surface area (Å²) in [4.78, 5) is 18.6. The Balaban J connectivity index is 1.44. The van der Waals surface area contributed by atoms with Gasteiger partial charge in [-0.2, -0.15) is 0 Å². The van der Waals surface area contributed by atoms with Crippen LogP contribution in [-0.4, -0.2) is 23.7 Å². The van der Waals surface area contributed by atoms with Crippen molar-refractivity contribution in [2.75, 3.05) is 0 Å². The molecule has 3 aliphatic rings. The number of benzene rings is 2. The van der Waals surface area contributed by atoms with E-state index in [0.717, 1.165) is 50.0 Å². The summed E-state index contributed by atoms with van der Waals surface area (Å²) in [6, 6.07) is 15.9. The zero-order chi connectivity index (χ0) is 20.4. The minimum Gasteiger partial charge on any atom is -0.464 e. The van der Waals surface area contributed by atoms with Crippen molar-refractivity contribution in [2.45, 2.75) is 0 Å². The van der Waals surface area contributed by atoms with Gasteiger partial charge in [0.05, 0.1) is 23.9 Å². The van der Waals surface area contributed by atoms with Crippen LogP contribution >= 0.6 is 0 Å². The Morgan fingerprint density at radius 1 is 0.710 bits per heavy atom. The maximum Gasteiger partial charge on any atom is 0.145 e. The number of hydrogen-bond donors (Lipinski definition) is 0. The van der Waals surface area contributed by atoms with Gasteiger partial charge >= 0.3 is 0 Å². The van der Waals surface area contributed by atoms with Crippen LogP contribution in [0.1, 0.15) is 11.1 Å². The number of aliphatic imine (C=N–C) groups is 4. The summed E-state index contributed by atoms with van der Waals surface area (Å²) in [6.45, 7) is 0. The number of fused-ring (bicyclic) bond motifs is 2. The van der Waals surface area contributed by atoms with Crippen LogP contribution in [0, 0.1) is 5.92 Å². The Hall–Kier alpha value is -4.32. The number of allylic oxidation sites excluding steroid dienone is 2. The van der Waals surface area contributed by atoms with E-state index in [0.29, 0.717) is 11.7 Å². The molecule has 0 spiro atoms. The molecule has 3 aliphatic heterocycles. The van der Waals surface area contributed by atoms with Crippen LogP contribution in [0.3, 0.4) is 0 Å². The molecule has 1 atom stereocenters. The van der Waals surface area contributed by atoms with Crippen molar-refractivity contribution in [1.82, 2.24) is 0 Å². The molecule has 5 heterocycles. The van der Waals surface area contributed by atoms with Gasteiger partial charge in [-0.15, -0.1) is 0 Å². The third-order valence-electron chi connectivity index (χ3n) is 5.85. The highest BCUT2D eigenvalue weighted by Gasteiger charge is 2.34. The van der Waals surface area contributed by atoms with Crippen molar-refractivity contribution in [3.63, 3.8) is 0 Å². The van der Waals surface area contributed by atoms with Crippen molar-refractivity contribution in [1.29, 1.82) is 0 Å². The van der Waals surface area contributed by atoms with Gasteiger partial charge in [0, 0.05) is 21.9 Å². The molecule has 0 fully saturated rings. The number of amidine groups is 2. The van der Waals surface area contributed by atoms with E-state index in [1.165, 1.54) is 6.34 Å². The fraction of sp³-hybridized carbons (Fsp3) is 0.0400. The van der Waals surface area contributed by atoms with Gasteiger partial charge in [0.15, 0.2) is 0 Å². The number of hydrogen-bond acceptors (Lipinski definition) is 6. The second kappa shape index (κ2) is 6.09. The smallest absolute Gasteiger partial charge is 0.145 e. The topological polar surface area (TPSA) is 75.7 Å². The van der Waals surface area contributed by atoms with Gasteiger partial charge in [-0.25, -0.2) is 20.0 Å². The number of nitrogens with zero attached hydrogens (tertiary/aromatic N) is 4. The van der Waals surface area contributed by atoms with E-state index in [-0.39, 0.29) is 5.92 Å². The average molecular weight is 402 g/mol. The van der Waals surface area contributed by atoms with Crippen molar-refractivity contribution < 1.29 is 8.83 Å².